The maximum atomic E-state index is 6.78. The van der Waals surface area contributed by atoms with Gasteiger partial charge in [-0.2, -0.15) is 0 Å². The Kier molecular flexibility index (Phi) is 7.73. The summed E-state index contributed by atoms with van der Waals surface area (Å²) in [4.78, 5) is 7.80. The maximum Gasteiger partial charge on any atom is 0.128 e. The largest absolute Gasteiger partial charge is 0.490 e. The third-order valence-electron chi connectivity index (χ3n) is 8.09. The van der Waals surface area contributed by atoms with Crippen LogP contribution in [0, 0.1) is 6.92 Å². The van der Waals surface area contributed by atoms with Crippen molar-refractivity contribution in [1.29, 1.82) is 0 Å². The molecule has 3 heterocycles. The van der Waals surface area contributed by atoms with Crippen LogP contribution in [0.3, 0.4) is 0 Å². The molecule has 0 radical (unpaired) electrons. The Morgan fingerprint density at radius 2 is 1.72 bits per heavy atom. The predicted molar refractivity (Wildman–Crippen MR) is 147 cm³/mol. The molecule has 0 amide bonds. The van der Waals surface area contributed by atoms with E-state index in [1.165, 1.54) is 33.4 Å². The number of fused-ring (bicyclic) bond motifs is 1. The van der Waals surface area contributed by atoms with Gasteiger partial charge in [0.15, 0.2) is 0 Å². The number of aryl methyl sites for hydroxylation is 3. The fourth-order valence-corrected chi connectivity index (χ4v) is 5.88. The van der Waals surface area contributed by atoms with Gasteiger partial charge in [0.1, 0.15) is 11.9 Å². The molecule has 0 N–H and O–H groups in total. The van der Waals surface area contributed by atoms with Crippen molar-refractivity contribution in [2.75, 3.05) is 19.8 Å². The van der Waals surface area contributed by atoms with Crippen molar-refractivity contribution >= 4 is 0 Å². The maximum absolute atomic E-state index is 6.78. The van der Waals surface area contributed by atoms with Crippen LogP contribution in [0.15, 0.2) is 48.5 Å². The first-order chi connectivity index (χ1) is 17.6. The topological polar surface area (TPSA) is 34.6 Å². The highest BCUT2D eigenvalue weighted by atomic mass is 16.5. The molecule has 1 fully saturated rings. The van der Waals surface area contributed by atoms with Crippen LogP contribution in [0.25, 0.3) is 11.3 Å². The summed E-state index contributed by atoms with van der Waals surface area (Å²) in [5.74, 6) is 1.00. The van der Waals surface area contributed by atoms with E-state index in [0.29, 0.717) is 6.04 Å². The number of hydrogen-bond donors (Lipinski definition) is 0. The lowest BCUT2D eigenvalue weighted by Gasteiger charge is -2.36. The lowest BCUT2D eigenvalue weighted by molar-refractivity contribution is 0.0247. The van der Waals surface area contributed by atoms with Gasteiger partial charge in [-0.05, 0) is 55.4 Å². The van der Waals surface area contributed by atoms with Crippen molar-refractivity contribution in [1.82, 2.24) is 9.88 Å². The summed E-state index contributed by atoms with van der Waals surface area (Å²) >= 11 is 0. The summed E-state index contributed by atoms with van der Waals surface area (Å²) in [7, 11) is 0. The van der Waals surface area contributed by atoms with Gasteiger partial charge in [0.2, 0.25) is 0 Å². The van der Waals surface area contributed by atoms with Crippen molar-refractivity contribution in [3.05, 3.63) is 82.0 Å². The number of pyridine rings is 1. The van der Waals surface area contributed by atoms with Gasteiger partial charge >= 0.3 is 0 Å². The first-order valence-electron chi connectivity index (χ1n) is 13.8. The quantitative estimate of drug-likeness (QED) is 0.367. The number of ether oxygens (including phenoxy) is 2. The number of rotatable bonds is 7. The second-order valence-corrected chi connectivity index (χ2v) is 10.3. The van der Waals surface area contributed by atoms with E-state index in [0.717, 1.165) is 75.5 Å². The van der Waals surface area contributed by atoms with Crippen LogP contribution >= 0.6 is 0 Å². The fourth-order valence-electron chi connectivity index (χ4n) is 5.88. The monoisotopic (exact) mass is 484 g/mol. The summed E-state index contributed by atoms with van der Waals surface area (Å²) in [5, 5.41) is 0. The Morgan fingerprint density at radius 1 is 1.00 bits per heavy atom. The summed E-state index contributed by atoms with van der Waals surface area (Å²) in [6.07, 6.45) is 5.15. The van der Waals surface area contributed by atoms with Gasteiger partial charge < -0.3 is 9.47 Å². The third-order valence-corrected chi connectivity index (χ3v) is 8.09. The van der Waals surface area contributed by atoms with Crippen molar-refractivity contribution in [2.45, 2.75) is 78.5 Å². The molecule has 1 aromatic heterocycles. The minimum absolute atomic E-state index is 0.193. The van der Waals surface area contributed by atoms with Gasteiger partial charge in [-0.3, -0.25) is 9.88 Å². The van der Waals surface area contributed by atoms with Crippen LogP contribution in [-0.2, 0) is 30.5 Å². The molecule has 3 aromatic rings. The molecule has 0 saturated carbocycles. The SMILES string of the molecule is CCc1cccc(CC)c1-c1cc(OC2CCOCC2)c(CN2CCc3ccccc3C2C)c(C)n1. The van der Waals surface area contributed by atoms with Crippen LogP contribution in [0.5, 0.6) is 5.75 Å². The third kappa shape index (κ3) is 5.07. The zero-order valence-corrected chi connectivity index (χ0v) is 22.3. The van der Waals surface area contributed by atoms with Gasteiger partial charge in [-0.1, -0.05) is 56.3 Å². The predicted octanol–water partition coefficient (Wildman–Crippen LogP) is 6.86. The van der Waals surface area contributed by atoms with Crippen LogP contribution in [0.2, 0.25) is 0 Å². The minimum Gasteiger partial charge on any atom is -0.490 e. The van der Waals surface area contributed by atoms with Crippen molar-refractivity contribution in [2.24, 2.45) is 0 Å². The lowest BCUT2D eigenvalue weighted by atomic mass is 9.92. The summed E-state index contributed by atoms with van der Waals surface area (Å²) < 4.78 is 12.4. The molecule has 1 unspecified atom stereocenters. The molecule has 0 spiro atoms. The number of nitrogens with zero attached hydrogens (tertiary/aromatic N) is 2. The Bertz CT molecular complexity index is 1180. The van der Waals surface area contributed by atoms with Crippen molar-refractivity contribution < 1.29 is 9.47 Å². The molecule has 4 heteroatoms. The van der Waals surface area contributed by atoms with Crippen molar-refractivity contribution in [3.63, 3.8) is 0 Å². The molecule has 1 saturated heterocycles. The van der Waals surface area contributed by atoms with Gasteiger partial charge in [0.05, 0.1) is 18.9 Å². The number of benzene rings is 2. The summed E-state index contributed by atoms with van der Waals surface area (Å²) in [6, 6.07) is 18.2. The Balaban J connectivity index is 1.54. The minimum atomic E-state index is 0.193. The van der Waals surface area contributed by atoms with E-state index in [4.69, 9.17) is 14.5 Å². The fraction of sp³-hybridized carbons (Fsp3) is 0.469. The standard InChI is InChI=1S/C32H40N2O2/c1-5-24-11-9-12-25(6-2)32(24)30-20-31(36-27-15-18-35-19-16-27)29(22(3)33-30)21-34-17-14-26-10-7-8-13-28(26)23(34)4/h7-13,20,23,27H,5-6,14-19,21H2,1-4H3. The second-order valence-electron chi connectivity index (χ2n) is 10.3. The zero-order valence-electron chi connectivity index (χ0n) is 22.3. The molecular weight excluding hydrogens is 444 g/mol. The van der Waals surface area contributed by atoms with E-state index in [2.05, 4.69) is 81.1 Å². The number of aromatic nitrogens is 1. The Labute approximate surface area is 216 Å². The molecule has 190 valence electrons. The molecule has 1 atom stereocenters. The highest BCUT2D eigenvalue weighted by Crippen LogP contribution is 2.37. The van der Waals surface area contributed by atoms with E-state index in [1.54, 1.807) is 0 Å². The number of hydrogen-bond acceptors (Lipinski definition) is 4. The lowest BCUT2D eigenvalue weighted by Crippen LogP contribution is -2.34. The van der Waals surface area contributed by atoms with E-state index in [1.807, 2.05) is 0 Å². The van der Waals surface area contributed by atoms with Crippen molar-refractivity contribution in [3.8, 4) is 17.0 Å². The van der Waals surface area contributed by atoms with Gasteiger partial charge in [-0.15, -0.1) is 0 Å². The van der Waals surface area contributed by atoms with Gasteiger partial charge in [0, 0.05) is 54.9 Å². The first kappa shape index (κ1) is 25.0. The molecule has 5 rings (SSSR count). The second kappa shape index (κ2) is 11.1. The highest BCUT2D eigenvalue weighted by molar-refractivity contribution is 5.70. The van der Waals surface area contributed by atoms with Crippen LogP contribution in [0.1, 0.15) is 73.2 Å². The summed E-state index contributed by atoms with van der Waals surface area (Å²) in [6.45, 7) is 12.4. The van der Waals surface area contributed by atoms with E-state index in [-0.39, 0.29) is 6.10 Å². The first-order valence-corrected chi connectivity index (χ1v) is 13.8. The van der Waals surface area contributed by atoms with E-state index < -0.39 is 0 Å². The van der Waals surface area contributed by atoms with Crippen LogP contribution in [-0.4, -0.2) is 35.7 Å². The molecule has 36 heavy (non-hydrogen) atoms. The zero-order chi connectivity index (χ0) is 25.1. The smallest absolute Gasteiger partial charge is 0.128 e. The van der Waals surface area contributed by atoms with E-state index in [9.17, 15) is 0 Å². The summed E-state index contributed by atoms with van der Waals surface area (Å²) in [5.41, 5.74) is 10.3. The molecular formula is C32H40N2O2. The molecule has 0 bridgehead atoms. The normalized spacial score (nSPS) is 18.7. The molecule has 2 aliphatic heterocycles. The average Bonchev–Trinajstić information content (AvgIpc) is 2.91. The molecule has 4 nitrogen and oxygen atoms in total. The average molecular weight is 485 g/mol. The molecule has 0 aliphatic carbocycles. The van der Waals surface area contributed by atoms with Gasteiger partial charge in [-0.25, -0.2) is 0 Å². The molecule has 2 aliphatic rings. The Morgan fingerprint density at radius 3 is 2.44 bits per heavy atom. The van der Waals surface area contributed by atoms with E-state index >= 15 is 0 Å². The van der Waals surface area contributed by atoms with Crippen LogP contribution in [0.4, 0.5) is 0 Å². The van der Waals surface area contributed by atoms with Crippen LogP contribution < -0.4 is 4.74 Å². The molecule has 2 aromatic carbocycles. The Hall–Kier alpha value is -2.69. The van der Waals surface area contributed by atoms with Gasteiger partial charge in [0.25, 0.3) is 0 Å². The highest BCUT2D eigenvalue weighted by Gasteiger charge is 2.27.